The second-order valence-electron chi connectivity index (χ2n) is 28.4. The molecule has 87 heavy (non-hydrogen) atoms. The van der Waals surface area contributed by atoms with Gasteiger partial charge in [-0.2, -0.15) is 0 Å². The Morgan fingerprint density at radius 2 is 0.805 bits per heavy atom. The molecule has 15 rings (SSSR count). The third-order valence-electron chi connectivity index (χ3n) is 20.1. The van der Waals surface area contributed by atoms with Crippen LogP contribution in [0.1, 0.15) is 108 Å². The zero-order valence-corrected chi connectivity index (χ0v) is 52.1. The van der Waals surface area contributed by atoms with E-state index in [1.807, 2.05) is 0 Å². The predicted octanol–water partition coefficient (Wildman–Crippen LogP) is 19.7. The SMILES string of the molecule is CC(C)(C)c1ccc(N2c3ccc(-c4ccccc4)cc3B3c4ccc(C(C)(C)C)cc4N(c4ccc(C(C)(C)C)cc4-c4ccccc4)c4cc(N5c6ccccc6C6(c7ccccc7)Cc7ccccc7CC56C)cc2c43)c(-c2ccccc2)c1. The summed E-state index contributed by atoms with van der Waals surface area (Å²) < 4.78 is 0. The minimum Gasteiger partial charge on any atom is -0.334 e. The molecular formula is C83H76BN3. The van der Waals surface area contributed by atoms with E-state index < -0.39 is 11.0 Å². The van der Waals surface area contributed by atoms with Crippen molar-refractivity contribution in [3.05, 3.63) is 294 Å². The lowest BCUT2D eigenvalue weighted by Crippen LogP contribution is -2.62. The maximum absolute atomic E-state index is 2.81. The molecule has 11 aromatic rings. The molecule has 0 saturated carbocycles. The molecular weight excluding hydrogens is 1050 g/mol. The van der Waals surface area contributed by atoms with E-state index in [9.17, 15) is 0 Å². The van der Waals surface area contributed by atoms with E-state index in [4.69, 9.17) is 0 Å². The van der Waals surface area contributed by atoms with Crippen molar-refractivity contribution in [1.82, 2.24) is 0 Å². The molecule has 0 aromatic heterocycles. The van der Waals surface area contributed by atoms with Gasteiger partial charge in [0.25, 0.3) is 6.71 Å². The molecule has 3 aliphatic heterocycles. The van der Waals surface area contributed by atoms with Gasteiger partial charge in [0, 0.05) is 50.7 Å². The summed E-state index contributed by atoms with van der Waals surface area (Å²) in [6.45, 7) is 23.6. The first-order chi connectivity index (χ1) is 41.9. The summed E-state index contributed by atoms with van der Waals surface area (Å²) in [6.07, 6.45) is 1.74. The third-order valence-corrected chi connectivity index (χ3v) is 20.1. The van der Waals surface area contributed by atoms with Crippen LogP contribution in [0.25, 0.3) is 33.4 Å². The van der Waals surface area contributed by atoms with Crippen molar-refractivity contribution in [2.45, 2.75) is 109 Å². The number of fused-ring (bicyclic) bond motifs is 8. The Bertz CT molecular complexity index is 4490. The molecule has 0 N–H and O–H groups in total. The van der Waals surface area contributed by atoms with E-state index in [0.717, 1.165) is 24.2 Å². The van der Waals surface area contributed by atoms with Gasteiger partial charge in [0.2, 0.25) is 0 Å². The lowest BCUT2D eigenvalue weighted by Gasteiger charge is -2.53. The number of anilines is 8. The van der Waals surface area contributed by atoms with Crippen molar-refractivity contribution in [1.29, 1.82) is 0 Å². The second-order valence-corrected chi connectivity index (χ2v) is 28.4. The van der Waals surface area contributed by atoms with E-state index in [0.29, 0.717) is 0 Å². The zero-order valence-electron chi connectivity index (χ0n) is 52.1. The molecule has 11 aromatic carbocycles. The molecule has 0 fully saturated rings. The summed E-state index contributed by atoms with van der Waals surface area (Å²) in [7, 11) is 0. The Labute approximate surface area is 516 Å². The molecule has 426 valence electrons. The number of hydrogen-bond donors (Lipinski definition) is 0. The van der Waals surface area contributed by atoms with Crippen molar-refractivity contribution >= 4 is 68.6 Å². The van der Waals surface area contributed by atoms with Crippen molar-refractivity contribution < 1.29 is 0 Å². The Morgan fingerprint density at radius 3 is 1.37 bits per heavy atom. The molecule has 2 atom stereocenters. The summed E-state index contributed by atoms with van der Waals surface area (Å²) in [5.41, 5.74) is 28.9. The fourth-order valence-electron chi connectivity index (χ4n) is 15.6. The van der Waals surface area contributed by atoms with Gasteiger partial charge in [-0.15, -0.1) is 0 Å². The van der Waals surface area contributed by atoms with Gasteiger partial charge in [-0.05, 0) is 168 Å². The van der Waals surface area contributed by atoms with Gasteiger partial charge in [-0.3, -0.25) is 0 Å². The van der Waals surface area contributed by atoms with Crippen LogP contribution in [0, 0.1) is 0 Å². The van der Waals surface area contributed by atoms with Crippen LogP contribution in [0.3, 0.4) is 0 Å². The van der Waals surface area contributed by atoms with Gasteiger partial charge in [-0.1, -0.05) is 263 Å². The number of rotatable bonds is 7. The zero-order chi connectivity index (χ0) is 59.8. The van der Waals surface area contributed by atoms with Crippen LogP contribution in [0.4, 0.5) is 45.5 Å². The average molecular weight is 1130 g/mol. The van der Waals surface area contributed by atoms with E-state index in [1.165, 1.54) is 123 Å². The van der Waals surface area contributed by atoms with Crippen LogP contribution >= 0.6 is 0 Å². The van der Waals surface area contributed by atoms with Crippen molar-refractivity contribution in [3.8, 4) is 33.4 Å². The Hall–Kier alpha value is -9.12. The standard InChI is InChI=1S/C83H76BN3/c1-79(2,3)62-41-45-71(66(48-62)56-29-17-12-18-30-56)85-74-44-39-58(55-27-15-11-16-28-55)47-70(74)84-69-43-40-64(81(7,8)9)50-75(69)86(72-46-42-63(80(4,5)6)49-67(72)57-31-19-13-20-32-57)77-52-65(51-76(85)78(77)84)87-73-38-26-25-37-68(73)83(61-35-21-14-22-36-61)54-60-34-24-23-33-59(60)53-82(83,87)10/h11-52H,53-54H2,1-10H3. The van der Waals surface area contributed by atoms with Gasteiger partial charge >= 0.3 is 0 Å². The van der Waals surface area contributed by atoms with Gasteiger partial charge in [0.05, 0.1) is 16.9 Å². The van der Waals surface area contributed by atoms with Gasteiger partial charge < -0.3 is 14.7 Å². The Balaban J connectivity index is 1.12. The van der Waals surface area contributed by atoms with Crippen molar-refractivity contribution in [2.24, 2.45) is 0 Å². The van der Waals surface area contributed by atoms with E-state index in [1.54, 1.807) is 0 Å². The highest BCUT2D eigenvalue weighted by atomic mass is 15.3. The smallest absolute Gasteiger partial charge is 0.252 e. The highest BCUT2D eigenvalue weighted by molar-refractivity contribution is 7.00. The molecule has 4 heteroatoms. The minimum atomic E-state index is -0.460. The molecule has 2 unspecified atom stereocenters. The number of nitrogens with zero attached hydrogens (tertiary/aromatic N) is 3. The fraction of sp³-hybridized carbons (Fsp3) is 0.205. The van der Waals surface area contributed by atoms with Crippen LogP contribution in [0.5, 0.6) is 0 Å². The van der Waals surface area contributed by atoms with E-state index >= 15 is 0 Å². The average Bonchev–Trinajstić information content (AvgIpc) is 1.64. The summed E-state index contributed by atoms with van der Waals surface area (Å²) in [4.78, 5) is 8.19. The minimum absolute atomic E-state index is 0.0891. The van der Waals surface area contributed by atoms with Crippen molar-refractivity contribution in [3.63, 3.8) is 0 Å². The van der Waals surface area contributed by atoms with Crippen LogP contribution in [-0.4, -0.2) is 12.3 Å². The van der Waals surface area contributed by atoms with Crippen molar-refractivity contribution in [2.75, 3.05) is 14.7 Å². The second kappa shape index (κ2) is 20.0. The molecule has 0 bridgehead atoms. The third kappa shape index (κ3) is 8.60. The van der Waals surface area contributed by atoms with Gasteiger partial charge in [-0.25, -0.2) is 0 Å². The highest BCUT2D eigenvalue weighted by Crippen LogP contribution is 2.63. The number of hydrogen-bond acceptors (Lipinski definition) is 3. The Morgan fingerprint density at radius 1 is 0.345 bits per heavy atom. The number of para-hydroxylation sites is 1. The first kappa shape index (κ1) is 54.5. The fourth-order valence-corrected chi connectivity index (χ4v) is 15.6. The topological polar surface area (TPSA) is 9.72 Å². The molecule has 0 spiro atoms. The molecule has 3 nitrogen and oxygen atoms in total. The van der Waals surface area contributed by atoms with Crippen LogP contribution in [0.2, 0.25) is 0 Å². The molecule has 1 aliphatic carbocycles. The summed E-state index contributed by atoms with van der Waals surface area (Å²) in [6, 6.07) is 98.2. The summed E-state index contributed by atoms with van der Waals surface area (Å²) in [5, 5.41) is 0. The van der Waals surface area contributed by atoms with Crippen LogP contribution < -0.4 is 31.1 Å². The normalized spacial score (nSPS) is 17.4. The van der Waals surface area contributed by atoms with E-state index in [2.05, 4.69) is 339 Å². The maximum atomic E-state index is 2.81. The molecule has 0 saturated heterocycles. The van der Waals surface area contributed by atoms with Gasteiger partial charge in [0.15, 0.2) is 0 Å². The highest BCUT2D eigenvalue weighted by Gasteiger charge is 2.62. The molecule has 0 radical (unpaired) electrons. The Kier molecular flexibility index (Phi) is 12.5. The largest absolute Gasteiger partial charge is 0.334 e. The molecule has 0 amide bonds. The summed E-state index contributed by atoms with van der Waals surface area (Å²) in [5.74, 6) is 0. The lowest BCUT2D eigenvalue weighted by atomic mass is 9.33. The first-order valence-corrected chi connectivity index (χ1v) is 31.4. The van der Waals surface area contributed by atoms with E-state index in [-0.39, 0.29) is 23.0 Å². The first-order valence-electron chi connectivity index (χ1n) is 31.4. The predicted molar refractivity (Wildman–Crippen MR) is 371 cm³/mol. The maximum Gasteiger partial charge on any atom is 0.252 e. The lowest BCUT2D eigenvalue weighted by molar-refractivity contribution is 0.281. The van der Waals surface area contributed by atoms with Crippen LogP contribution in [0.15, 0.2) is 255 Å². The molecule has 4 aliphatic rings. The monoisotopic (exact) mass is 1130 g/mol. The number of benzene rings is 11. The summed E-state index contributed by atoms with van der Waals surface area (Å²) >= 11 is 0. The molecule has 3 heterocycles. The quantitative estimate of drug-likeness (QED) is 0.147. The van der Waals surface area contributed by atoms with Crippen LogP contribution in [-0.2, 0) is 34.5 Å². The van der Waals surface area contributed by atoms with Gasteiger partial charge in [0.1, 0.15) is 0 Å².